The second-order valence-electron chi connectivity index (χ2n) is 3.51. The molecule has 3 heterocycles. The van der Waals surface area contributed by atoms with Crippen LogP contribution in [-0.4, -0.2) is 19.6 Å². The number of hydrogen-bond acceptors (Lipinski definition) is 5. The fourth-order valence-corrected chi connectivity index (χ4v) is 2.25. The van der Waals surface area contributed by atoms with Gasteiger partial charge in [-0.05, 0) is 36.0 Å². The van der Waals surface area contributed by atoms with Gasteiger partial charge in [-0.15, -0.1) is 10.2 Å². The SMILES string of the molecule is N#Cc1ccc(Sc2nnc3ccccn23)nc1. The maximum atomic E-state index is 8.70. The average Bonchev–Trinajstić information content (AvgIpc) is 2.83. The summed E-state index contributed by atoms with van der Waals surface area (Å²) in [4.78, 5) is 4.19. The molecule has 18 heavy (non-hydrogen) atoms. The molecule has 3 aromatic rings. The van der Waals surface area contributed by atoms with Crippen molar-refractivity contribution in [1.29, 1.82) is 5.26 Å². The lowest BCUT2D eigenvalue weighted by Crippen LogP contribution is -1.87. The van der Waals surface area contributed by atoms with Crippen LogP contribution in [0, 0.1) is 11.3 Å². The van der Waals surface area contributed by atoms with E-state index in [1.54, 1.807) is 18.3 Å². The fourth-order valence-electron chi connectivity index (χ4n) is 1.49. The zero-order valence-corrected chi connectivity index (χ0v) is 10.0. The maximum Gasteiger partial charge on any atom is 0.201 e. The molecule has 0 N–H and O–H groups in total. The van der Waals surface area contributed by atoms with Gasteiger partial charge in [0, 0.05) is 12.4 Å². The van der Waals surface area contributed by atoms with E-state index in [1.165, 1.54) is 11.8 Å². The standard InChI is InChI=1S/C12H7N5S/c13-7-9-4-5-11(14-8-9)18-12-16-15-10-3-1-2-6-17(10)12/h1-6,8H. The highest BCUT2D eigenvalue weighted by Crippen LogP contribution is 2.24. The van der Waals surface area contributed by atoms with Crippen LogP contribution in [0.15, 0.2) is 52.9 Å². The van der Waals surface area contributed by atoms with Crippen LogP contribution < -0.4 is 0 Å². The molecule has 0 spiro atoms. The van der Waals surface area contributed by atoms with E-state index in [9.17, 15) is 0 Å². The zero-order chi connectivity index (χ0) is 12.4. The Hall–Kier alpha value is -2.39. The van der Waals surface area contributed by atoms with Crippen LogP contribution in [0.25, 0.3) is 5.65 Å². The van der Waals surface area contributed by atoms with Gasteiger partial charge in [0.1, 0.15) is 11.1 Å². The molecule has 0 saturated heterocycles. The van der Waals surface area contributed by atoms with Gasteiger partial charge in [0.2, 0.25) is 5.16 Å². The largest absolute Gasteiger partial charge is 0.277 e. The van der Waals surface area contributed by atoms with Gasteiger partial charge in [0.25, 0.3) is 0 Å². The van der Waals surface area contributed by atoms with E-state index in [-0.39, 0.29) is 0 Å². The zero-order valence-electron chi connectivity index (χ0n) is 9.19. The molecule has 0 fully saturated rings. The van der Waals surface area contributed by atoms with Crippen molar-refractivity contribution >= 4 is 17.4 Å². The lowest BCUT2D eigenvalue weighted by molar-refractivity contribution is 0.917. The van der Waals surface area contributed by atoms with Gasteiger partial charge < -0.3 is 0 Å². The summed E-state index contributed by atoms with van der Waals surface area (Å²) in [5.74, 6) is 0. The summed E-state index contributed by atoms with van der Waals surface area (Å²) in [6.45, 7) is 0. The number of nitriles is 1. The number of nitrogens with zero attached hydrogens (tertiary/aromatic N) is 5. The van der Waals surface area contributed by atoms with Crippen molar-refractivity contribution in [3.05, 3.63) is 48.3 Å². The third-order valence-electron chi connectivity index (χ3n) is 2.34. The summed E-state index contributed by atoms with van der Waals surface area (Å²) in [6, 6.07) is 11.3. The molecule has 3 rings (SSSR count). The Morgan fingerprint density at radius 2 is 2.11 bits per heavy atom. The van der Waals surface area contributed by atoms with Gasteiger partial charge >= 0.3 is 0 Å². The predicted molar refractivity (Wildman–Crippen MR) is 66.1 cm³/mol. The first-order valence-corrected chi connectivity index (χ1v) is 6.02. The highest BCUT2D eigenvalue weighted by molar-refractivity contribution is 7.99. The van der Waals surface area contributed by atoms with E-state index in [4.69, 9.17) is 5.26 Å². The van der Waals surface area contributed by atoms with Gasteiger partial charge in [-0.2, -0.15) is 5.26 Å². The number of aromatic nitrogens is 4. The Bertz CT molecular complexity index is 726. The lowest BCUT2D eigenvalue weighted by Gasteiger charge is -1.98. The fraction of sp³-hybridized carbons (Fsp3) is 0. The van der Waals surface area contributed by atoms with E-state index in [0.717, 1.165) is 15.8 Å². The smallest absolute Gasteiger partial charge is 0.201 e. The molecule has 0 aromatic carbocycles. The van der Waals surface area contributed by atoms with Crippen LogP contribution in [0.5, 0.6) is 0 Å². The van der Waals surface area contributed by atoms with Crippen LogP contribution in [-0.2, 0) is 0 Å². The number of hydrogen-bond donors (Lipinski definition) is 0. The van der Waals surface area contributed by atoms with Crippen LogP contribution >= 0.6 is 11.8 Å². The summed E-state index contributed by atoms with van der Waals surface area (Å²) in [5, 5.41) is 18.4. The summed E-state index contributed by atoms with van der Waals surface area (Å²) < 4.78 is 1.89. The molecule has 6 heteroatoms. The van der Waals surface area contributed by atoms with E-state index >= 15 is 0 Å². The second kappa shape index (κ2) is 4.47. The Morgan fingerprint density at radius 1 is 1.17 bits per heavy atom. The minimum absolute atomic E-state index is 0.547. The van der Waals surface area contributed by atoms with E-state index in [1.807, 2.05) is 34.9 Å². The molecule has 5 nitrogen and oxygen atoms in total. The van der Waals surface area contributed by atoms with Crippen molar-refractivity contribution in [2.24, 2.45) is 0 Å². The van der Waals surface area contributed by atoms with Crippen LogP contribution in [0.4, 0.5) is 0 Å². The van der Waals surface area contributed by atoms with Crippen LogP contribution in [0.3, 0.4) is 0 Å². The first kappa shape index (κ1) is 10.7. The van der Waals surface area contributed by atoms with E-state index in [2.05, 4.69) is 15.2 Å². The van der Waals surface area contributed by atoms with Gasteiger partial charge in [-0.25, -0.2) is 4.98 Å². The predicted octanol–water partition coefficient (Wildman–Crippen LogP) is 2.15. The molecule has 0 aliphatic heterocycles. The van der Waals surface area contributed by atoms with Crippen molar-refractivity contribution in [2.75, 3.05) is 0 Å². The number of pyridine rings is 2. The Kier molecular flexibility index (Phi) is 2.67. The van der Waals surface area contributed by atoms with Crippen LogP contribution in [0.1, 0.15) is 5.56 Å². The second-order valence-corrected chi connectivity index (χ2v) is 4.50. The van der Waals surface area contributed by atoms with Crippen molar-refractivity contribution in [3.63, 3.8) is 0 Å². The third kappa shape index (κ3) is 1.92. The average molecular weight is 253 g/mol. The molecule has 0 saturated carbocycles. The molecule has 0 aliphatic rings. The number of fused-ring (bicyclic) bond motifs is 1. The minimum Gasteiger partial charge on any atom is -0.277 e. The molecule has 0 unspecified atom stereocenters. The Labute approximate surface area is 107 Å². The maximum absolute atomic E-state index is 8.70. The van der Waals surface area contributed by atoms with Gasteiger partial charge in [0.05, 0.1) is 5.56 Å². The first-order chi connectivity index (χ1) is 8.86. The first-order valence-electron chi connectivity index (χ1n) is 5.20. The molecule has 3 aromatic heterocycles. The molecule has 0 bridgehead atoms. The van der Waals surface area contributed by atoms with Crippen molar-refractivity contribution in [2.45, 2.75) is 10.2 Å². The normalized spacial score (nSPS) is 10.4. The van der Waals surface area contributed by atoms with Crippen molar-refractivity contribution in [1.82, 2.24) is 19.6 Å². The molecule has 0 aliphatic carbocycles. The van der Waals surface area contributed by atoms with Crippen LogP contribution in [0.2, 0.25) is 0 Å². The van der Waals surface area contributed by atoms with Gasteiger partial charge in [-0.1, -0.05) is 6.07 Å². The van der Waals surface area contributed by atoms with Gasteiger partial charge in [-0.3, -0.25) is 4.40 Å². The molecule has 0 amide bonds. The van der Waals surface area contributed by atoms with Crippen molar-refractivity contribution < 1.29 is 0 Å². The third-order valence-corrected chi connectivity index (χ3v) is 3.26. The summed E-state index contributed by atoms with van der Waals surface area (Å²) in [7, 11) is 0. The van der Waals surface area contributed by atoms with E-state index in [0.29, 0.717) is 5.56 Å². The van der Waals surface area contributed by atoms with E-state index < -0.39 is 0 Å². The number of rotatable bonds is 2. The Balaban J connectivity index is 1.94. The Morgan fingerprint density at radius 3 is 2.89 bits per heavy atom. The topological polar surface area (TPSA) is 66.9 Å². The highest BCUT2D eigenvalue weighted by atomic mass is 32.2. The van der Waals surface area contributed by atoms with Gasteiger partial charge in [0.15, 0.2) is 5.65 Å². The summed E-state index contributed by atoms with van der Waals surface area (Å²) in [5.41, 5.74) is 1.35. The summed E-state index contributed by atoms with van der Waals surface area (Å²) >= 11 is 1.41. The summed E-state index contributed by atoms with van der Waals surface area (Å²) in [6.07, 6.45) is 3.45. The minimum atomic E-state index is 0.547. The molecule has 0 radical (unpaired) electrons. The highest BCUT2D eigenvalue weighted by Gasteiger charge is 2.07. The molecule has 0 atom stereocenters. The molecule has 86 valence electrons. The molecular formula is C12H7N5S. The quantitative estimate of drug-likeness (QED) is 0.700. The van der Waals surface area contributed by atoms with Crippen molar-refractivity contribution in [3.8, 4) is 6.07 Å². The lowest BCUT2D eigenvalue weighted by atomic mass is 10.3. The molecular weight excluding hydrogens is 246 g/mol. The monoisotopic (exact) mass is 253 g/mol.